The smallest absolute Gasteiger partial charge is 0.322 e. The molecule has 1 atom stereocenters. The number of rotatable bonds is 3. The Labute approximate surface area is 125 Å². The van der Waals surface area contributed by atoms with Crippen molar-refractivity contribution < 1.29 is 9.53 Å². The van der Waals surface area contributed by atoms with Gasteiger partial charge in [0, 0.05) is 13.7 Å². The first-order chi connectivity index (χ1) is 9.63. The lowest BCUT2D eigenvalue weighted by Crippen LogP contribution is -2.48. The zero-order valence-corrected chi connectivity index (χ0v) is 12.7. The SMILES string of the molecule is COC[C@@H]1CCCCN1C(=O)Nc1c(C)cccc1Cl. The summed E-state index contributed by atoms with van der Waals surface area (Å²) >= 11 is 6.15. The van der Waals surface area contributed by atoms with Crippen molar-refractivity contribution in [2.24, 2.45) is 0 Å². The first kappa shape index (κ1) is 15.1. The van der Waals surface area contributed by atoms with Gasteiger partial charge in [0.15, 0.2) is 0 Å². The van der Waals surface area contributed by atoms with Crippen LogP contribution in [0.5, 0.6) is 0 Å². The molecule has 110 valence electrons. The Hall–Kier alpha value is -1.26. The third kappa shape index (κ3) is 3.44. The van der Waals surface area contributed by atoms with E-state index in [9.17, 15) is 4.79 Å². The minimum Gasteiger partial charge on any atom is -0.383 e. The Morgan fingerprint density at radius 2 is 2.30 bits per heavy atom. The van der Waals surface area contributed by atoms with Crippen LogP contribution in [0.15, 0.2) is 18.2 Å². The summed E-state index contributed by atoms with van der Waals surface area (Å²) in [7, 11) is 1.67. The number of nitrogens with one attached hydrogen (secondary N) is 1. The number of carbonyl (C=O) groups is 1. The Kier molecular flexibility index (Phi) is 5.26. The Bertz CT molecular complexity index is 457. The first-order valence-corrected chi connectivity index (χ1v) is 7.33. The Morgan fingerprint density at radius 3 is 3.00 bits per heavy atom. The van der Waals surface area contributed by atoms with Gasteiger partial charge >= 0.3 is 6.03 Å². The fourth-order valence-electron chi connectivity index (χ4n) is 2.60. The number of likely N-dealkylation sites (tertiary alicyclic amines) is 1. The standard InChI is InChI=1S/C15H21ClN2O2/c1-11-6-5-8-13(16)14(11)17-15(19)18-9-4-3-7-12(18)10-20-2/h5-6,8,12H,3-4,7,9-10H2,1-2H3,(H,17,19)/t12-/m0/s1. The molecule has 0 aliphatic carbocycles. The van der Waals surface area contributed by atoms with Crippen LogP contribution in [0.4, 0.5) is 10.5 Å². The maximum atomic E-state index is 12.5. The van der Waals surface area contributed by atoms with Crippen LogP contribution in [0, 0.1) is 6.92 Å². The number of benzene rings is 1. The second-order valence-corrected chi connectivity index (χ2v) is 5.57. The van der Waals surface area contributed by atoms with Crippen molar-refractivity contribution in [3.8, 4) is 0 Å². The van der Waals surface area contributed by atoms with Gasteiger partial charge in [-0.3, -0.25) is 0 Å². The van der Waals surface area contributed by atoms with Crippen molar-refractivity contribution >= 4 is 23.3 Å². The van der Waals surface area contributed by atoms with E-state index in [1.54, 1.807) is 13.2 Å². The molecule has 1 fully saturated rings. The van der Waals surface area contributed by atoms with Gasteiger partial charge < -0.3 is 15.0 Å². The van der Waals surface area contributed by atoms with Crippen LogP contribution in [-0.2, 0) is 4.74 Å². The van der Waals surface area contributed by atoms with Crippen LogP contribution in [-0.4, -0.2) is 37.2 Å². The molecule has 4 nitrogen and oxygen atoms in total. The highest BCUT2D eigenvalue weighted by Gasteiger charge is 2.27. The van der Waals surface area contributed by atoms with Crippen molar-refractivity contribution in [1.82, 2.24) is 4.90 Å². The summed E-state index contributed by atoms with van der Waals surface area (Å²) in [4.78, 5) is 14.3. The number of hydrogen-bond donors (Lipinski definition) is 1. The molecule has 2 rings (SSSR count). The van der Waals surface area contributed by atoms with Crippen LogP contribution in [0.25, 0.3) is 0 Å². The summed E-state index contributed by atoms with van der Waals surface area (Å²) in [6, 6.07) is 5.65. The molecule has 1 heterocycles. The molecule has 1 aliphatic rings. The van der Waals surface area contributed by atoms with Gasteiger partial charge in [0.2, 0.25) is 0 Å². The highest BCUT2D eigenvalue weighted by atomic mass is 35.5. The molecule has 1 N–H and O–H groups in total. The molecule has 2 amide bonds. The fourth-order valence-corrected chi connectivity index (χ4v) is 2.87. The number of anilines is 1. The van der Waals surface area contributed by atoms with E-state index in [-0.39, 0.29) is 12.1 Å². The van der Waals surface area contributed by atoms with Gasteiger partial charge in [0.05, 0.1) is 23.4 Å². The number of carbonyl (C=O) groups excluding carboxylic acids is 1. The predicted octanol–water partition coefficient (Wildman–Crippen LogP) is 3.68. The lowest BCUT2D eigenvalue weighted by Gasteiger charge is -2.35. The normalized spacial score (nSPS) is 18.9. The summed E-state index contributed by atoms with van der Waals surface area (Å²) in [5, 5.41) is 3.50. The molecule has 0 spiro atoms. The Balaban J connectivity index is 2.10. The highest BCUT2D eigenvalue weighted by Crippen LogP contribution is 2.26. The summed E-state index contributed by atoms with van der Waals surface area (Å²) < 4.78 is 5.21. The molecule has 20 heavy (non-hydrogen) atoms. The summed E-state index contributed by atoms with van der Waals surface area (Å²) in [6.45, 7) is 3.28. The molecule has 0 radical (unpaired) electrons. The van der Waals surface area contributed by atoms with E-state index < -0.39 is 0 Å². The number of piperidine rings is 1. The molecule has 0 bridgehead atoms. The van der Waals surface area contributed by atoms with Crippen molar-refractivity contribution in [3.05, 3.63) is 28.8 Å². The maximum Gasteiger partial charge on any atom is 0.322 e. The molecule has 0 saturated carbocycles. The average molecular weight is 297 g/mol. The van der Waals surface area contributed by atoms with Gasteiger partial charge in [-0.2, -0.15) is 0 Å². The van der Waals surface area contributed by atoms with E-state index in [0.29, 0.717) is 17.3 Å². The number of ether oxygens (including phenoxy) is 1. The fraction of sp³-hybridized carbons (Fsp3) is 0.533. The predicted molar refractivity (Wildman–Crippen MR) is 81.4 cm³/mol. The van der Waals surface area contributed by atoms with Gasteiger partial charge in [0.1, 0.15) is 0 Å². The van der Waals surface area contributed by atoms with E-state index in [4.69, 9.17) is 16.3 Å². The molecule has 1 aromatic rings. The second kappa shape index (κ2) is 6.95. The number of hydrogen-bond acceptors (Lipinski definition) is 2. The van der Waals surface area contributed by atoms with Crippen LogP contribution in [0.2, 0.25) is 5.02 Å². The minimum atomic E-state index is -0.0945. The minimum absolute atomic E-state index is 0.0945. The van der Waals surface area contributed by atoms with Crippen LogP contribution in [0.1, 0.15) is 24.8 Å². The molecule has 0 aromatic heterocycles. The zero-order chi connectivity index (χ0) is 14.5. The quantitative estimate of drug-likeness (QED) is 0.924. The van der Waals surface area contributed by atoms with E-state index in [1.807, 2.05) is 24.0 Å². The number of nitrogens with zero attached hydrogens (tertiary/aromatic N) is 1. The lowest BCUT2D eigenvalue weighted by molar-refractivity contribution is 0.0878. The number of methoxy groups -OCH3 is 1. The molecule has 0 unspecified atom stereocenters. The van der Waals surface area contributed by atoms with Crippen LogP contribution >= 0.6 is 11.6 Å². The van der Waals surface area contributed by atoms with E-state index in [1.165, 1.54) is 0 Å². The van der Waals surface area contributed by atoms with Gasteiger partial charge in [-0.25, -0.2) is 4.79 Å². The Morgan fingerprint density at radius 1 is 1.50 bits per heavy atom. The van der Waals surface area contributed by atoms with E-state index >= 15 is 0 Å². The highest BCUT2D eigenvalue weighted by molar-refractivity contribution is 6.33. The molecule has 1 saturated heterocycles. The summed E-state index contributed by atoms with van der Waals surface area (Å²) in [6.07, 6.45) is 3.17. The van der Waals surface area contributed by atoms with Gasteiger partial charge in [-0.05, 0) is 37.8 Å². The van der Waals surface area contributed by atoms with Crippen molar-refractivity contribution in [1.29, 1.82) is 0 Å². The van der Waals surface area contributed by atoms with Crippen molar-refractivity contribution in [2.45, 2.75) is 32.2 Å². The number of aryl methyl sites for hydroxylation is 1. The van der Waals surface area contributed by atoms with Crippen LogP contribution in [0.3, 0.4) is 0 Å². The third-order valence-corrected chi connectivity index (χ3v) is 4.02. The number of urea groups is 1. The lowest BCUT2D eigenvalue weighted by atomic mass is 10.0. The largest absolute Gasteiger partial charge is 0.383 e. The second-order valence-electron chi connectivity index (χ2n) is 5.16. The van der Waals surface area contributed by atoms with E-state index in [0.717, 1.165) is 31.4 Å². The summed E-state index contributed by atoms with van der Waals surface area (Å²) in [5.74, 6) is 0. The van der Waals surface area contributed by atoms with Gasteiger partial charge in [-0.15, -0.1) is 0 Å². The third-order valence-electron chi connectivity index (χ3n) is 3.70. The van der Waals surface area contributed by atoms with Crippen LogP contribution < -0.4 is 5.32 Å². The molecule has 5 heteroatoms. The number of halogens is 1. The molecule has 1 aliphatic heterocycles. The van der Waals surface area contributed by atoms with E-state index in [2.05, 4.69) is 5.32 Å². The number of para-hydroxylation sites is 1. The molecular weight excluding hydrogens is 276 g/mol. The monoisotopic (exact) mass is 296 g/mol. The maximum absolute atomic E-state index is 12.5. The van der Waals surface area contributed by atoms with Crippen molar-refractivity contribution in [2.75, 3.05) is 25.6 Å². The van der Waals surface area contributed by atoms with Gasteiger partial charge in [-0.1, -0.05) is 23.7 Å². The topological polar surface area (TPSA) is 41.6 Å². The number of amides is 2. The van der Waals surface area contributed by atoms with Crippen molar-refractivity contribution in [3.63, 3.8) is 0 Å². The summed E-state index contributed by atoms with van der Waals surface area (Å²) in [5.41, 5.74) is 1.66. The average Bonchev–Trinajstić information content (AvgIpc) is 2.44. The molecule has 1 aromatic carbocycles. The molecular formula is C15H21ClN2O2. The zero-order valence-electron chi connectivity index (χ0n) is 12.0. The first-order valence-electron chi connectivity index (χ1n) is 6.95. The van der Waals surface area contributed by atoms with Gasteiger partial charge in [0.25, 0.3) is 0 Å².